The molecule has 0 amide bonds. The number of hydrogen-bond donors (Lipinski definition) is 1. The predicted molar refractivity (Wildman–Crippen MR) is 62.5 cm³/mol. The third kappa shape index (κ3) is 2.89. The minimum absolute atomic E-state index is 0.152. The van der Waals surface area contributed by atoms with Gasteiger partial charge in [-0.25, -0.2) is 4.39 Å². The van der Waals surface area contributed by atoms with Crippen LogP contribution in [0.3, 0.4) is 0 Å². The number of nitrogens with zero attached hydrogens (tertiary/aromatic N) is 1. The largest absolute Gasteiger partial charge is 0.307 e. The normalized spacial score (nSPS) is 22.0. The van der Waals surface area contributed by atoms with Crippen LogP contribution in [0.5, 0.6) is 0 Å². The minimum Gasteiger partial charge on any atom is -0.307 e. The van der Waals surface area contributed by atoms with Crippen LogP contribution in [0.4, 0.5) is 4.39 Å². The van der Waals surface area contributed by atoms with Crippen LogP contribution in [0.15, 0.2) is 30.6 Å². The number of nitrogens with one attached hydrogen (secondary N) is 1. The Morgan fingerprint density at radius 3 is 3.00 bits per heavy atom. The lowest BCUT2D eigenvalue weighted by Gasteiger charge is -2.24. The molecule has 0 radical (unpaired) electrons. The van der Waals surface area contributed by atoms with Crippen LogP contribution in [0, 0.1) is 5.82 Å². The van der Waals surface area contributed by atoms with E-state index in [1.165, 1.54) is 6.20 Å². The summed E-state index contributed by atoms with van der Waals surface area (Å²) in [6.45, 7) is 2.05. The molecule has 0 saturated heterocycles. The van der Waals surface area contributed by atoms with Gasteiger partial charge in [0, 0.05) is 18.3 Å². The van der Waals surface area contributed by atoms with Crippen LogP contribution in [-0.4, -0.2) is 11.0 Å². The van der Waals surface area contributed by atoms with Crippen molar-refractivity contribution in [3.8, 4) is 0 Å². The highest BCUT2D eigenvalue weighted by atomic mass is 19.1. The molecule has 3 heteroatoms. The van der Waals surface area contributed by atoms with Crippen LogP contribution in [0.2, 0.25) is 0 Å². The van der Waals surface area contributed by atoms with Crippen molar-refractivity contribution < 1.29 is 4.39 Å². The summed E-state index contributed by atoms with van der Waals surface area (Å²) in [5, 5.41) is 3.50. The van der Waals surface area contributed by atoms with Gasteiger partial charge < -0.3 is 5.32 Å². The van der Waals surface area contributed by atoms with E-state index in [1.54, 1.807) is 12.3 Å². The molecule has 1 aliphatic carbocycles. The molecule has 2 nitrogen and oxygen atoms in total. The maximum absolute atomic E-state index is 13.0. The molecule has 1 aromatic rings. The second kappa shape index (κ2) is 5.21. The third-order valence-electron chi connectivity index (χ3n) is 2.98. The van der Waals surface area contributed by atoms with Crippen LogP contribution >= 0.6 is 0 Å². The quantitative estimate of drug-likeness (QED) is 0.792. The van der Waals surface area contributed by atoms with Gasteiger partial charge in [0.05, 0.1) is 6.20 Å². The zero-order valence-electron chi connectivity index (χ0n) is 9.49. The molecule has 86 valence electrons. The van der Waals surface area contributed by atoms with Crippen molar-refractivity contribution in [2.24, 2.45) is 0 Å². The maximum Gasteiger partial charge on any atom is 0.141 e. The molecule has 0 saturated carbocycles. The van der Waals surface area contributed by atoms with E-state index in [1.807, 2.05) is 0 Å². The Labute approximate surface area is 95.6 Å². The lowest BCUT2D eigenvalue weighted by atomic mass is 10.00. The maximum atomic E-state index is 13.0. The fourth-order valence-electron chi connectivity index (χ4n) is 2.06. The van der Waals surface area contributed by atoms with Crippen LogP contribution in [-0.2, 0) is 0 Å². The summed E-state index contributed by atoms with van der Waals surface area (Å²) in [5.74, 6) is -0.269. The second-order valence-electron chi connectivity index (χ2n) is 4.31. The number of halogens is 1. The Morgan fingerprint density at radius 1 is 1.44 bits per heavy atom. The minimum atomic E-state index is -0.269. The van der Waals surface area contributed by atoms with E-state index >= 15 is 0 Å². The molecule has 2 rings (SSSR count). The van der Waals surface area contributed by atoms with E-state index in [2.05, 4.69) is 29.4 Å². The first-order valence-electron chi connectivity index (χ1n) is 5.77. The molecule has 0 spiro atoms. The molecule has 0 aromatic carbocycles. The SMILES string of the molecule is CC(NC1CC=CCC1)c1cncc(F)c1. The highest BCUT2D eigenvalue weighted by molar-refractivity contribution is 5.14. The Balaban J connectivity index is 1.97. The van der Waals surface area contributed by atoms with E-state index in [4.69, 9.17) is 0 Å². The molecule has 1 aromatic heterocycles. The van der Waals surface area contributed by atoms with E-state index in [-0.39, 0.29) is 11.9 Å². The monoisotopic (exact) mass is 220 g/mol. The van der Waals surface area contributed by atoms with Crippen LogP contribution in [0.25, 0.3) is 0 Å². The summed E-state index contributed by atoms with van der Waals surface area (Å²) in [6.07, 6.45) is 10.7. The molecule has 1 aliphatic rings. The summed E-state index contributed by atoms with van der Waals surface area (Å²) in [6, 6.07) is 2.20. The zero-order chi connectivity index (χ0) is 11.4. The molecule has 0 bridgehead atoms. The predicted octanol–water partition coefficient (Wildman–Crippen LogP) is 2.98. The first kappa shape index (κ1) is 11.3. The lowest BCUT2D eigenvalue weighted by molar-refractivity contribution is 0.424. The van der Waals surface area contributed by atoms with Gasteiger partial charge >= 0.3 is 0 Å². The van der Waals surface area contributed by atoms with Crippen molar-refractivity contribution in [2.45, 2.75) is 38.3 Å². The van der Waals surface area contributed by atoms with E-state index in [0.717, 1.165) is 24.8 Å². The first-order valence-corrected chi connectivity index (χ1v) is 5.77. The van der Waals surface area contributed by atoms with Crippen molar-refractivity contribution in [3.05, 3.63) is 42.0 Å². The van der Waals surface area contributed by atoms with E-state index in [0.29, 0.717) is 6.04 Å². The van der Waals surface area contributed by atoms with Crippen LogP contribution in [0.1, 0.15) is 37.8 Å². The molecule has 2 atom stereocenters. The topological polar surface area (TPSA) is 24.9 Å². The summed E-state index contributed by atoms with van der Waals surface area (Å²) in [5.41, 5.74) is 0.912. The van der Waals surface area contributed by atoms with Crippen molar-refractivity contribution in [1.29, 1.82) is 0 Å². The van der Waals surface area contributed by atoms with Crippen molar-refractivity contribution in [1.82, 2.24) is 10.3 Å². The molecule has 1 heterocycles. The molecule has 1 N–H and O–H groups in total. The number of allylic oxidation sites excluding steroid dienone is 1. The second-order valence-corrected chi connectivity index (χ2v) is 4.31. The third-order valence-corrected chi connectivity index (χ3v) is 2.98. The molecule has 0 aliphatic heterocycles. The highest BCUT2D eigenvalue weighted by Gasteiger charge is 2.14. The fraction of sp³-hybridized carbons (Fsp3) is 0.462. The summed E-state index contributed by atoms with van der Waals surface area (Å²) in [7, 11) is 0. The van der Waals surface area contributed by atoms with Gasteiger partial charge in [-0.2, -0.15) is 0 Å². The van der Waals surface area contributed by atoms with Gasteiger partial charge in [-0.1, -0.05) is 12.2 Å². The van der Waals surface area contributed by atoms with Gasteiger partial charge in [0.1, 0.15) is 5.82 Å². The Morgan fingerprint density at radius 2 is 2.31 bits per heavy atom. The van der Waals surface area contributed by atoms with Gasteiger partial charge in [-0.15, -0.1) is 0 Å². The summed E-state index contributed by atoms with van der Waals surface area (Å²) >= 11 is 0. The number of rotatable bonds is 3. The summed E-state index contributed by atoms with van der Waals surface area (Å²) < 4.78 is 13.0. The standard InChI is InChI=1S/C13H17FN2/c1-10(11-7-12(14)9-15-8-11)16-13-5-3-2-4-6-13/h2-3,7-10,13,16H,4-6H2,1H3. The highest BCUT2D eigenvalue weighted by Crippen LogP contribution is 2.17. The van der Waals surface area contributed by atoms with E-state index < -0.39 is 0 Å². The molecule has 2 unspecified atom stereocenters. The number of hydrogen-bond acceptors (Lipinski definition) is 2. The average Bonchev–Trinajstić information content (AvgIpc) is 2.30. The molecule has 16 heavy (non-hydrogen) atoms. The number of pyridine rings is 1. The smallest absolute Gasteiger partial charge is 0.141 e. The summed E-state index contributed by atoms with van der Waals surface area (Å²) in [4.78, 5) is 3.87. The first-order chi connectivity index (χ1) is 7.75. The van der Waals surface area contributed by atoms with E-state index in [9.17, 15) is 4.39 Å². The Kier molecular flexibility index (Phi) is 3.67. The lowest BCUT2D eigenvalue weighted by Crippen LogP contribution is -2.32. The van der Waals surface area contributed by atoms with Gasteiger partial charge in [0.15, 0.2) is 0 Å². The average molecular weight is 220 g/mol. The fourth-order valence-corrected chi connectivity index (χ4v) is 2.06. The van der Waals surface area contributed by atoms with Gasteiger partial charge in [0.2, 0.25) is 0 Å². The number of aromatic nitrogens is 1. The molecular formula is C13H17FN2. The Bertz CT molecular complexity index is 376. The van der Waals surface area contributed by atoms with Gasteiger partial charge in [0.25, 0.3) is 0 Å². The van der Waals surface area contributed by atoms with Crippen molar-refractivity contribution >= 4 is 0 Å². The Hall–Kier alpha value is -1.22. The van der Waals surface area contributed by atoms with Crippen molar-refractivity contribution in [2.75, 3.05) is 0 Å². The zero-order valence-corrected chi connectivity index (χ0v) is 9.49. The van der Waals surface area contributed by atoms with Gasteiger partial charge in [-0.05, 0) is 37.8 Å². The van der Waals surface area contributed by atoms with Crippen molar-refractivity contribution in [3.63, 3.8) is 0 Å². The van der Waals surface area contributed by atoms with Crippen LogP contribution < -0.4 is 5.32 Å². The molecular weight excluding hydrogens is 203 g/mol. The molecule has 0 fully saturated rings. The van der Waals surface area contributed by atoms with Gasteiger partial charge in [-0.3, -0.25) is 4.98 Å².